The molecule has 2 saturated carbocycles. The number of nitrogen functional groups attached to an aromatic ring is 4. The van der Waals surface area contributed by atoms with Crippen molar-refractivity contribution < 1.29 is 28.0 Å². The summed E-state index contributed by atoms with van der Waals surface area (Å²) >= 11 is 0. The van der Waals surface area contributed by atoms with Crippen molar-refractivity contribution in [2.45, 2.75) is 101 Å². The number of nitrogens with one attached hydrogen (secondary N) is 1. The van der Waals surface area contributed by atoms with Crippen molar-refractivity contribution >= 4 is 46.4 Å². The number of halogens is 2. The Morgan fingerprint density at radius 2 is 0.760 bits per heavy atom. The first-order chi connectivity index (χ1) is 48.7. The van der Waals surface area contributed by atoms with Crippen LogP contribution >= 0.6 is 0 Å². The molecule has 100 heavy (non-hydrogen) atoms. The highest BCUT2D eigenvalue weighted by molar-refractivity contribution is 5.97. The zero-order valence-corrected chi connectivity index (χ0v) is 56.7. The molecule has 9 N–H and O–H groups in total. The molecule has 18 rings (SSSR count). The number of hydrogen-bond donors (Lipinski definition) is 5. The lowest BCUT2D eigenvalue weighted by molar-refractivity contribution is 0.0452. The van der Waals surface area contributed by atoms with Crippen molar-refractivity contribution in [2.75, 3.05) is 115 Å². The summed E-state index contributed by atoms with van der Waals surface area (Å²) in [5.41, 5.74) is 34.0. The van der Waals surface area contributed by atoms with Crippen LogP contribution in [0, 0.1) is 11.6 Å². The van der Waals surface area contributed by atoms with Gasteiger partial charge >= 0.3 is 0 Å². The van der Waals surface area contributed by atoms with Crippen molar-refractivity contribution in [1.82, 2.24) is 59.6 Å². The van der Waals surface area contributed by atoms with Crippen LogP contribution < -0.4 is 28.3 Å². The second-order valence-electron chi connectivity index (χ2n) is 27.4. The molecule has 520 valence electrons. The van der Waals surface area contributed by atoms with Crippen molar-refractivity contribution in [3.63, 3.8) is 0 Å². The van der Waals surface area contributed by atoms with E-state index in [1.165, 1.54) is 63.1 Å². The van der Waals surface area contributed by atoms with E-state index in [0.717, 1.165) is 150 Å². The monoisotopic (exact) mass is 1350 g/mol. The second kappa shape index (κ2) is 31.6. The standard InChI is InChI=1S/C20H23FN4O.C20H24N4O.C19H21FN4O.C19H22N4O/c21-18-12-14(4-5-16(18)17-6-7-23-13-19(17)22)20(26)25-10-8-24(9-11-25)15-2-1-3-15;21-19-14-22-9-8-18(19)15-4-6-16(7-5-15)20(25)24-12-10-23(11-13-24)17-2-1-3-17;20-17-9-12(1-4-15(17)16-5-7-22-11-18(16)21)19(25)24-8-6-13-2-3-14(24)10-23-13;20-18-13-21-8-5-17(18)14-1-3-15(4-2-14)19(24)23-12-11-22-9-6-16(23)7-10-22/h4-7,12-13,15H,1-3,8-11,22H2;4-9,14,17H,1-3,10-13,21H2;1,4-5,7,9,11,13-14,23H,2-3,6,8,10,21H2;1-5,8,13,16H,6-7,9-12,20H2. The highest BCUT2D eigenvalue weighted by Crippen LogP contribution is 2.34. The third-order valence-corrected chi connectivity index (χ3v) is 21.5. The van der Waals surface area contributed by atoms with Gasteiger partial charge in [-0.3, -0.25) is 48.9 Å². The lowest BCUT2D eigenvalue weighted by Gasteiger charge is -2.42. The van der Waals surface area contributed by atoms with Gasteiger partial charge in [0.1, 0.15) is 11.6 Å². The first-order valence-electron chi connectivity index (χ1n) is 35.4. The number of pyridine rings is 4. The van der Waals surface area contributed by atoms with Crippen LogP contribution in [0.3, 0.4) is 0 Å². The van der Waals surface area contributed by atoms with Crippen molar-refractivity contribution in [3.8, 4) is 44.5 Å². The zero-order valence-electron chi connectivity index (χ0n) is 56.7. The average Bonchev–Trinajstić information content (AvgIpc) is 1.40. The van der Waals surface area contributed by atoms with E-state index in [1.807, 2.05) is 75.4 Å². The lowest BCUT2D eigenvalue weighted by atomic mass is 9.91. The Morgan fingerprint density at radius 1 is 0.360 bits per heavy atom. The minimum absolute atomic E-state index is 0.0949. The second-order valence-corrected chi connectivity index (χ2v) is 27.4. The number of hydrogen-bond acceptors (Lipinski definition) is 16. The van der Waals surface area contributed by atoms with Crippen LogP contribution in [0.4, 0.5) is 31.5 Å². The summed E-state index contributed by atoms with van der Waals surface area (Å²) in [6.45, 7) is 12.5. The lowest BCUT2D eigenvalue weighted by Crippen LogP contribution is -2.53. The predicted octanol–water partition coefficient (Wildman–Crippen LogP) is 10.1. The Bertz CT molecular complexity index is 4160. The number of anilines is 4. The molecule has 4 bridgehead atoms. The summed E-state index contributed by atoms with van der Waals surface area (Å²) in [6.07, 6.45) is 26.0. The number of nitrogens with two attached hydrogens (primary N) is 4. The van der Waals surface area contributed by atoms with Crippen LogP contribution in [-0.2, 0) is 0 Å². The minimum Gasteiger partial charge on any atom is -0.397 e. The molecule has 8 aliphatic heterocycles. The van der Waals surface area contributed by atoms with Gasteiger partial charge in [0.2, 0.25) is 0 Å². The summed E-state index contributed by atoms with van der Waals surface area (Å²) in [6, 6.07) is 34.4. The zero-order chi connectivity index (χ0) is 69.2. The number of piperazine rings is 2. The van der Waals surface area contributed by atoms with Gasteiger partial charge in [-0.25, -0.2) is 8.78 Å². The highest BCUT2D eigenvalue weighted by atomic mass is 19.1. The number of rotatable bonds is 10. The Kier molecular flexibility index (Phi) is 21.8. The van der Waals surface area contributed by atoms with Crippen molar-refractivity contribution in [1.29, 1.82) is 0 Å². The maximum absolute atomic E-state index is 14.7. The molecule has 0 radical (unpaired) electrons. The van der Waals surface area contributed by atoms with Crippen LogP contribution in [0.1, 0.15) is 112 Å². The van der Waals surface area contributed by atoms with E-state index < -0.39 is 11.6 Å². The third kappa shape index (κ3) is 15.8. The largest absolute Gasteiger partial charge is 0.397 e. The topological polar surface area (TPSA) is 259 Å². The van der Waals surface area contributed by atoms with Gasteiger partial charge in [-0.05, 0) is 142 Å². The molecule has 0 spiro atoms. The van der Waals surface area contributed by atoms with Gasteiger partial charge in [0.25, 0.3) is 23.6 Å². The number of carbonyl (C=O) groups is 4. The summed E-state index contributed by atoms with van der Waals surface area (Å²) in [4.78, 5) is 82.4. The quantitative estimate of drug-likeness (QED) is 0.0853. The van der Waals surface area contributed by atoms with Gasteiger partial charge in [-0.15, -0.1) is 0 Å². The predicted molar refractivity (Wildman–Crippen MR) is 387 cm³/mol. The molecule has 2 atom stereocenters. The maximum Gasteiger partial charge on any atom is 0.254 e. The molecule has 10 fully saturated rings. The van der Waals surface area contributed by atoms with Crippen LogP contribution in [0.5, 0.6) is 0 Å². The van der Waals surface area contributed by atoms with E-state index in [4.69, 9.17) is 22.9 Å². The maximum atomic E-state index is 14.7. The summed E-state index contributed by atoms with van der Waals surface area (Å²) in [5, 5.41) is 3.48. The molecular weight excluding hydrogens is 1260 g/mol. The molecule has 4 amide bonds. The van der Waals surface area contributed by atoms with Gasteiger partial charge in [0.05, 0.1) is 47.5 Å². The molecule has 4 aromatic carbocycles. The van der Waals surface area contributed by atoms with Gasteiger partial charge in [-0.1, -0.05) is 49.2 Å². The van der Waals surface area contributed by atoms with E-state index in [1.54, 1.807) is 73.6 Å². The molecular formula is C78H90F2N16O4. The molecule has 20 nitrogen and oxygen atoms in total. The molecule has 10 aliphatic rings. The number of piperidine rings is 2. The number of carbonyl (C=O) groups excluding carboxylic acids is 4. The Balaban J connectivity index is 0.000000120. The molecule has 8 saturated heterocycles. The molecule has 4 aromatic heterocycles. The first kappa shape index (κ1) is 68.8. The molecule has 12 heterocycles. The van der Waals surface area contributed by atoms with E-state index in [0.29, 0.717) is 87.3 Å². The number of amides is 4. The molecule has 8 aromatic rings. The fourth-order valence-corrected chi connectivity index (χ4v) is 15.1. The van der Waals surface area contributed by atoms with E-state index in [9.17, 15) is 28.0 Å². The van der Waals surface area contributed by atoms with Crippen molar-refractivity contribution in [3.05, 3.63) is 193 Å². The smallest absolute Gasteiger partial charge is 0.254 e. The Labute approximate surface area is 583 Å². The molecule has 2 unspecified atom stereocenters. The average molecular weight is 1350 g/mol. The highest BCUT2D eigenvalue weighted by Gasteiger charge is 2.36. The Hall–Kier alpha value is -9.74. The van der Waals surface area contributed by atoms with Gasteiger partial charge in [-0.2, -0.15) is 0 Å². The number of fused-ring (bicyclic) bond motifs is 8. The van der Waals surface area contributed by atoms with E-state index in [-0.39, 0.29) is 29.7 Å². The summed E-state index contributed by atoms with van der Waals surface area (Å²) in [5.74, 6) is -0.808. The first-order valence-corrected chi connectivity index (χ1v) is 35.4. The third-order valence-electron chi connectivity index (χ3n) is 21.5. The number of benzene rings is 4. The van der Waals surface area contributed by atoms with Crippen LogP contribution in [-0.4, -0.2) is 200 Å². The van der Waals surface area contributed by atoms with Crippen LogP contribution in [0.2, 0.25) is 0 Å². The van der Waals surface area contributed by atoms with Crippen molar-refractivity contribution in [2.24, 2.45) is 0 Å². The van der Waals surface area contributed by atoms with Crippen LogP contribution in [0.25, 0.3) is 44.5 Å². The molecule has 22 heteroatoms. The fraction of sp³-hybridized carbons (Fsp3) is 0.385. The Morgan fingerprint density at radius 3 is 1.17 bits per heavy atom. The normalized spacial score (nSPS) is 20.7. The number of nitrogens with zero attached hydrogens (tertiary/aromatic N) is 11. The number of aromatic nitrogens is 4. The summed E-state index contributed by atoms with van der Waals surface area (Å²) < 4.78 is 29.3. The van der Waals surface area contributed by atoms with Crippen LogP contribution in [0.15, 0.2) is 159 Å². The summed E-state index contributed by atoms with van der Waals surface area (Å²) in [7, 11) is 0. The fourth-order valence-electron chi connectivity index (χ4n) is 15.1. The minimum atomic E-state index is -0.444. The van der Waals surface area contributed by atoms with Gasteiger partial charge < -0.3 is 52.8 Å². The van der Waals surface area contributed by atoms with Gasteiger partial charge in [0, 0.05) is 202 Å². The van der Waals surface area contributed by atoms with E-state index >= 15 is 0 Å². The van der Waals surface area contributed by atoms with Gasteiger partial charge in [0.15, 0.2) is 0 Å². The van der Waals surface area contributed by atoms with E-state index in [2.05, 4.69) is 44.9 Å². The SMILES string of the molecule is Nc1cnccc1-c1ccc(C(=O)N2CCC3CCC2CN3)cc1F.Nc1cnccc1-c1ccc(C(=O)N2CCN(C3CCC3)CC2)cc1.Nc1cnccc1-c1ccc(C(=O)N2CCN(C3CCC3)CC2)cc1F.Nc1cnccc1-c1ccc(C(=O)N2CCN3CCC2CC3)cc1. The molecule has 2 aliphatic carbocycles.